The summed E-state index contributed by atoms with van der Waals surface area (Å²) < 4.78 is 14.7. The molecule has 1 atom stereocenters. The van der Waals surface area contributed by atoms with Gasteiger partial charge in [-0.1, -0.05) is 34.1 Å². The molecule has 2 aromatic carbocycles. The summed E-state index contributed by atoms with van der Waals surface area (Å²) in [6.07, 6.45) is 1.91. The van der Waals surface area contributed by atoms with Crippen molar-refractivity contribution in [2.75, 3.05) is 6.54 Å². The van der Waals surface area contributed by atoms with E-state index >= 15 is 0 Å². The van der Waals surface area contributed by atoms with Gasteiger partial charge in [0.1, 0.15) is 5.82 Å². The van der Waals surface area contributed by atoms with Crippen LogP contribution in [0.15, 0.2) is 46.9 Å². The number of hydrogen-bond acceptors (Lipinski definition) is 1. The van der Waals surface area contributed by atoms with Crippen LogP contribution in [0.3, 0.4) is 0 Å². The zero-order valence-corrected chi connectivity index (χ0v) is 13.9. The minimum absolute atomic E-state index is 0.0642. The SMILES string of the molecule is Cc1ccc(C(=O)N2CCCC2c2cccc(Br)c2)cc1F. The molecular formula is C18H17BrFNO. The fourth-order valence-electron chi connectivity index (χ4n) is 2.96. The Balaban J connectivity index is 1.89. The molecule has 114 valence electrons. The van der Waals surface area contributed by atoms with Gasteiger partial charge in [-0.05, 0) is 55.2 Å². The van der Waals surface area contributed by atoms with Gasteiger partial charge in [-0.3, -0.25) is 4.79 Å². The van der Waals surface area contributed by atoms with Gasteiger partial charge in [-0.2, -0.15) is 0 Å². The normalized spacial score (nSPS) is 17.8. The monoisotopic (exact) mass is 361 g/mol. The first kappa shape index (κ1) is 15.2. The number of halogens is 2. The molecule has 1 aliphatic heterocycles. The topological polar surface area (TPSA) is 20.3 Å². The molecule has 1 aliphatic rings. The van der Waals surface area contributed by atoms with Crippen LogP contribution in [-0.4, -0.2) is 17.4 Å². The molecule has 0 aliphatic carbocycles. The predicted octanol–water partition coefficient (Wildman–Crippen LogP) is 4.87. The van der Waals surface area contributed by atoms with Gasteiger partial charge in [0.25, 0.3) is 5.91 Å². The van der Waals surface area contributed by atoms with Crippen LogP contribution in [0.2, 0.25) is 0 Å². The molecule has 0 radical (unpaired) electrons. The van der Waals surface area contributed by atoms with E-state index in [1.54, 1.807) is 19.1 Å². The molecule has 1 saturated heterocycles. The second-order valence-electron chi connectivity index (χ2n) is 5.68. The van der Waals surface area contributed by atoms with Gasteiger partial charge in [0.2, 0.25) is 0 Å². The van der Waals surface area contributed by atoms with Crippen LogP contribution in [0.4, 0.5) is 4.39 Å². The van der Waals surface area contributed by atoms with E-state index in [-0.39, 0.29) is 17.8 Å². The maximum absolute atomic E-state index is 13.7. The van der Waals surface area contributed by atoms with E-state index in [4.69, 9.17) is 0 Å². The molecule has 0 N–H and O–H groups in total. The molecule has 0 aromatic heterocycles. The van der Waals surface area contributed by atoms with Crippen molar-refractivity contribution in [1.29, 1.82) is 0 Å². The number of likely N-dealkylation sites (tertiary alicyclic amines) is 1. The van der Waals surface area contributed by atoms with Crippen LogP contribution < -0.4 is 0 Å². The molecular weight excluding hydrogens is 345 g/mol. The summed E-state index contributed by atoms with van der Waals surface area (Å²) in [5.41, 5.74) is 2.10. The van der Waals surface area contributed by atoms with Crippen molar-refractivity contribution in [3.05, 3.63) is 69.4 Å². The van der Waals surface area contributed by atoms with Gasteiger partial charge in [0.05, 0.1) is 6.04 Å². The molecule has 2 nitrogen and oxygen atoms in total. The van der Waals surface area contributed by atoms with E-state index in [2.05, 4.69) is 15.9 Å². The molecule has 1 amide bonds. The van der Waals surface area contributed by atoms with Crippen molar-refractivity contribution in [2.24, 2.45) is 0 Å². The van der Waals surface area contributed by atoms with Gasteiger partial charge in [0, 0.05) is 16.6 Å². The van der Waals surface area contributed by atoms with Crippen molar-refractivity contribution in [3.63, 3.8) is 0 Å². The number of carbonyl (C=O) groups is 1. The molecule has 1 heterocycles. The lowest BCUT2D eigenvalue weighted by molar-refractivity contribution is 0.0735. The Labute approximate surface area is 138 Å². The Bertz CT molecular complexity index is 716. The smallest absolute Gasteiger partial charge is 0.254 e. The molecule has 22 heavy (non-hydrogen) atoms. The van der Waals surface area contributed by atoms with Crippen molar-refractivity contribution in [3.8, 4) is 0 Å². The maximum Gasteiger partial charge on any atom is 0.254 e. The minimum atomic E-state index is -0.330. The predicted molar refractivity (Wildman–Crippen MR) is 88.3 cm³/mol. The van der Waals surface area contributed by atoms with Gasteiger partial charge in [0.15, 0.2) is 0 Å². The largest absolute Gasteiger partial charge is 0.332 e. The quantitative estimate of drug-likeness (QED) is 0.746. The summed E-state index contributed by atoms with van der Waals surface area (Å²) in [7, 11) is 0. The van der Waals surface area contributed by atoms with Gasteiger partial charge in [-0.25, -0.2) is 4.39 Å². The van der Waals surface area contributed by atoms with E-state index in [1.165, 1.54) is 6.07 Å². The number of hydrogen-bond donors (Lipinski definition) is 0. The average molecular weight is 362 g/mol. The van der Waals surface area contributed by atoms with Crippen molar-refractivity contribution in [1.82, 2.24) is 4.90 Å². The van der Waals surface area contributed by atoms with Crippen molar-refractivity contribution < 1.29 is 9.18 Å². The third kappa shape index (κ3) is 2.93. The fraction of sp³-hybridized carbons (Fsp3) is 0.278. The van der Waals surface area contributed by atoms with Crippen LogP contribution in [0, 0.1) is 12.7 Å². The number of amides is 1. The average Bonchev–Trinajstić information content (AvgIpc) is 2.99. The summed E-state index contributed by atoms with van der Waals surface area (Å²) in [6.45, 7) is 2.41. The lowest BCUT2D eigenvalue weighted by Crippen LogP contribution is -2.30. The molecule has 0 saturated carbocycles. The Morgan fingerprint density at radius 3 is 2.82 bits per heavy atom. The Morgan fingerprint density at radius 2 is 2.09 bits per heavy atom. The zero-order valence-electron chi connectivity index (χ0n) is 12.4. The van der Waals surface area contributed by atoms with Crippen LogP contribution in [0.5, 0.6) is 0 Å². The fourth-order valence-corrected chi connectivity index (χ4v) is 3.38. The summed E-state index contributed by atoms with van der Waals surface area (Å²) in [5, 5.41) is 0. The van der Waals surface area contributed by atoms with E-state index in [0.717, 1.165) is 22.9 Å². The van der Waals surface area contributed by atoms with Crippen LogP contribution >= 0.6 is 15.9 Å². The summed E-state index contributed by atoms with van der Waals surface area (Å²) >= 11 is 3.48. The molecule has 3 rings (SSSR count). The number of carbonyl (C=O) groups excluding carboxylic acids is 1. The van der Waals surface area contributed by atoms with E-state index in [9.17, 15) is 9.18 Å². The Kier molecular flexibility index (Phi) is 4.30. The Morgan fingerprint density at radius 1 is 1.27 bits per heavy atom. The van der Waals surface area contributed by atoms with Crippen molar-refractivity contribution in [2.45, 2.75) is 25.8 Å². The minimum Gasteiger partial charge on any atom is -0.332 e. The number of nitrogens with zero attached hydrogens (tertiary/aromatic N) is 1. The zero-order chi connectivity index (χ0) is 15.7. The third-order valence-electron chi connectivity index (χ3n) is 4.17. The maximum atomic E-state index is 13.7. The van der Waals surface area contributed by atoms with Gasteiger partial charge >= 0.3 is 0 Å². The first-order valence-electron chi connectivity index (χ1n) is 7.39. The van der Waals surface area contributed by atoms with E-state index < -0.39 is 0 Å². The standard InChI is InChI=1S/C18H17BrFNO/c1-12-7-8-14(11-16(12)20)18(22)21-9-3-6-17(21)13-4-2-5-15(19)10-13/h2,4-5,7-8,10-11,17H,3,6,9H2,1H3. The highest BCUT2D eigenvalue weighted by Gasteiger charge is 2.30. The molecule has 0 spiro atoms. The molecule has 2 aromatic rings. The summed E-state index contributed by atoms with van der Waals surface area (Å²) in [5.74, 6) is -0.426. The van der Waals surface area contributed by atoms with E-state index in [1.807, 2.05) is 29.2 Å². The highest BCUT2D eigenvalue weighted by Crippen LogP contribution is 2.34. The highest BCUT2D eigenvalue weighted by molar-refractivity contribution is 9.10. The number of rotatable bonds is 2. The number of benzene rings is 2. The third-order valence-corrected chi connectivity index (χ3v) is 4.66. The van der Waals surface area contributed by atoms with Crippen molar-refractivity contribution >= 4 is 21.8 Å². The second-order valence-corrected chi connectivity index (χ2v) is 6.59. The van der Waals surface area contributed by atoms with Crippen LogP contribution in [0.1, 0.15) is 40.4 Å². The Hall–Kier alpha value is -1.68. The molecule has 1 unspecified atom stereocenters. The van der Waals surface area contributed by atoms with Crippen LogP contribution in [-0.2, 0) is 0 Å². The summed E-state index contributed by atoms with van der Waals surface area (Å²) in [6, 6.07) is 12.8. The summed E-state index contributed by atoms with van der Waals surface area (Å²) in [4.78, 5) is 14.6. The molecule has 1 fully saturated rings. The highest BCUT2D eigenvalue weighted by atomic mass is 79.9. The molecule has 0 bridgehead atoms. The lowest BCUT2D eigenvalue weighted by atomic mass is 10.0. The van der Waals surface area contributed by atoms with Crippen LogP contribution in [0.25, 0.3) is 0 Å². The lowest BCUT2D eigenvalue weighted by Gasteiger charge is -2.25. The second kappa shape index (κ2) is 6.21. The molecule has 4 heteroatoms. The first-order chi connectivity index (χ1) is 10.6. The van der Waals surface area contributed by atoms with E-state index in [0.29, 0.717) is 17.7 Å². The van der Waals surface area contributed by atoms with Gasteiger partial charge in [-0.15, -0.1) is 0 Å². The first-order valence-corrected chi connectivity index (χ1v) is 8.18. The number of aryl methyl sites for hydroxylation is 1. The van der Waals surface area contributed by atoms with Gasteiger partial charge < -0.3 is 4.90 Å².